The van der Waals surface area contributed by atoms with E-state index in [9.17, 15) is 0 Å². The third-order valence-corrected chi connectivity index (χ3v) is 4.12. The molecule has 1 unspecified atom stereocenters. The Balaban J connectivity index is 2.94. The lowest BCUT2D eigenvalue weighted by molar-refractivity contribution is 0.0640. The summed E-state index contributed by atoms with van der Waals surface area (Å²) in [5, 5.41) is 4.55. The van der Waals surface area contributed by atoms with Crippen LogP contribution >= 0.6 is 11.3 Å². The summed E-state index contributed by atoms with van der Waals surface area (Å²) < 4.78 is 10.8. The van der Waals surface area contributed by atoms with E-state index in [1.54, 1.807) is 25.6 Å². The van der Waals surface area contributed by atoms with Crippen LogP contribution in [0, 0.1) is 5.92 Å². The van der Waals surface area contributed by atoms with Crippen LogP contribution in [-0.4, -0.2) is 24.7 Å². The first kappa shape index (κ1) is 17.6. The van der Waals surface area contributed by atoms with Crippen molar-refractivity contribution in [2.24, 2.45) is 5.92 Å². The van der Waals surface area contributed by atoms with Crippen LogP contribution < -0.4 is 5.32 Å². The van der Waals surface area contributed by atoms with Crippen molar-refractivity contribution in [3.05, 3.63) is 15.6 Å². The molecule has 0 fully saturated rings. The molecule has 0 aliphatic heterocycles. The summed E-state index contributed by atoms with van der Waals surface area (Å²) in [6, 6.07) is 0. The van der Waals surface area contributed by atoms with Crippen molar-refractivity contribution in [2.45, 2.75) is 59.4 Å². The molecule has 0 amide bonds. The maximum atomic E-state index is 5.58. The van der Waals surface area contributed by atoms with E-state index in [0.717, 1.165) is 17.2 Å². The van der Waals surface area contributed by atoms with Crippen LogP contribution in [0.5, 0.6) is 0 Å². The number of aromatic nitrogens is 1. The number of nitrogens with one attached hydrogen (secondary N) is 1. The van der Waals surface area contributed by atoms with Crippen molar-refractivity contribution >= 4 is 11.3 Å². The third kappa shape index (κ3) is 5.13. The number of methoxy groups -OCH3 is 2. The summed E-state index contributed by atoms with van der Waals surface area (Å²) in [5.74, 6) is 0.407. The average molecular weight is 300 g/mol. The zero-order valence-corrected chi connectivity index (χ0v) is 14.6. The van der Waals surface area contributed by atoms with Crippen LogP contribution in [0.3, 0.4) is 0 Å². The molecule has 0 saturated carbocycles. The Morgan fingerprint density at radius 3 is 2.35 bits per heavy atom. The molecule has 0 aliphatic carbocycles. The molecule has 0 spiro atoms. The van der Waals surface area contributed by atoms with Gasteiger partial charge in [-0.2, -0.15) is 0 Å². The summed E-state index contributed by atoms with van der Waals surface area (Å²) in [4.78, 5) is 5.96. The second-order valence-corrected chi connectivity index (χ2v) is 7.47. The molecule has 1 N–H and O–H groups in total. The lowest BCUT2D eigenvalue weighted by Crippen LogP contribution is -2.35. The minimum Gasteiger partial charge on any atom is -0.378 e. The highest BCUT2D eigenvalue weighted by Crippen LogP contribution is 2.31. The fraction of sp³-hybridized carbons (Fsp3) is 0.800. The fourth-order valence-electron chi connectivity index (χ4n) is 1.92. The predicted molar refractivity (Wildman–Crippen MR) is 84.0 cm³/mol. The Morgan fingerprint density at radius 2 is 1.90 bits per heavy atom. The highest BCUT2D eigenvalue weighted by atomic mass is 32.1. The SMILES string of the molecule is COCc1nc(C(OC)C(C)C)sc1CNC(C)(C)C. The Bertz CT molecular complexity index is 410. The van der Waals surface area contributed by atoms with Crippen molar-refractivity contribution in [1.29, 1.82) is 0 Å². The molecule has 1 aromatic heterocycles. The largest absolute Gasteiger partial charge is 0.378 e. The molecule has 20 heavy (non-hydrogen) atoms. The number of ether oxygens (including phenoxy) is 2. The predicted octanol–water partition coefficient (Wildman–Crippen LogP) is 3.52. The minimum absolute atomic E-state index is 0.0546. The average Bonchev–Trinajstić information content (AvgIpc) is 2.70. The van der Waals surface area contributed by atoms with E-state index in [2.05, 4.69) is 39.9 Å². The van der Waals surface area contributed by atoms with Gasteiger partial charge in [0.2, 0.25) is 0 Å². The van der Waals surface area contributed by atoms with E-state index in [0.29, 0.717) is 12.5 Å². The molecule has 1 atom stereocenters. The molecule has 0 aromatic carbocycles. The zero-order valence-electron chi connectivity index (χ0n) is 13.7. The van der Waals surface area contributed by atoms with Crippen molar-refractivity contribution in [3.63, 3.8) is 0 Å². The van der Waals surface area contributed by atoms with Crippen molar-refractivity contribution in [3.8, 4) is 0 Å². The van der Waals surface area contributed by atoms with E-state index in [1.165, 1.54) is 4.88 Å². The number of rotatable bonds is 7. The smallest absolute Gasteiger partial charge is 0.122 e. The van der Waals surface area contributed by atoms with Crippen LogP contribution in [0.25, 0.3) is 0 Å². The van der Waals surface area contributed by atoms with Crippen LogP contribution in [-0.2, 0) is 22.6 Å². The van der Waals surface area contributed by atoms with Gasteiger partial charge in [0.25, 0.3) is 0 Å². The van der Waals surface area contributed by atoms with E-state index in [4.69, 9.17) is 14.5 Å². The normalized spacial score (nSPS) is 14.0. The van der Waals surface area contributed by atoms with Crippen LogP contribution in [0.2, 0.25) is 0 Å². The number of nitrogens with zero attached hydrogens (tertiary/aromatic N) is 1. The van der Waals surface area contributed by atoms with Crippen LogP contribution in [0.4, 0.5) is 0 Å². The molecular formula is C15H28N2O2S. The molecule has 5 heteroatoms. The molecule has 1 aromatic rings. The Kier molecular flexibility index (Phi) is 6.58. The fourth-order valence-corrected chi connectivity index (χ4v) is 3.18. The van der Waals surface area contributed by atoms with Gasteiger partial charge in [-0.25, -0.2) is 4.98 Å². The first-order valence-corrected chi connectivity index (χ1v) is 7.85. The standard InChI is InChI=1S/C15H28N2O2S/c1-10(2)13(19-7)14-17-11(9-18-6)12(20-14)8-16-15(3,4)5/h10,13,16H,8-9H2,1-7H3. The van der Waals surface area contributed by atoms with Gasteiger partial charge < -0.3 is 14.8 Å². The summed E-state index contributed by atoms with van der Waals surface area (Å²) in [6.45, 7) is 12.2. The van der Waals surface area contributed by atoms with E-state index >= 15 is 0 Å². The van der Waals surface area contributed by atoms with Gasteiger partial charge in [-0.3, -0.25) is 0 Å². The van der Waals surface area contributed by atoms with Gasteiger partial charge in [-0.1, -0.05) is 13.8 Å². The highest BCUT2D eigenvalue weighted by molar-refractivity contribution is 7.11. The van der Waals surface area contributed by atoms with Crippen LogP contribution in [0.1, 0.15) is 56.3 Å². The number of hydrogen-bond acceptors (Lipinski definition) is 5. The van der Waals surface area contributed by atoms with Gasteiger partial charge in [0.1, 0.15) is 11.1 Å². The quantitative estimate of drug-likeness (QED) is 0.836. The Hall–Kier alpha value is -0.490. The third-order valence-electron chi connectivity index (χ3n) is 2.96. The van der Waals surface area contributed by atoms with E-state index < -0.39 is 0 Å². The first-order valence-electron chi connectivity index (χ1n) is 7.03. The summed E-state index contributed by atoms with van der Waals surface area (Å²) in [5.41, 5.74) is 1.11. The molecule has 1 heterocycles. The molecule has 1 rings (SSSR count). The van der Waals surface area contributed by atoms with Gasteiger partial charge in [0.15, 0.2) is 0 Å². The molecule has 116 valence electrons. The zero-order chi connectivity index (χ0) is 15.3. The Labute approximate surface area is 126 Å². The second-order valence-electron chi connectivity index (χ2n) is 6.36. The summed E-state index contributed by atoms with van der Waals surface area (Å²) >= 11 is 1.72. The molecule has 4 nitrogen and oxygen atoms in total. The van der Waals surface area contributed by atoms with Gasteiger partial charge in [0.05, 0.1) is 12.3 Å². The number of thiazole rings is 1. The second kappa shape index (κ2) is 7.50. The monoisotopic (exact) mass is 300 g/mol. The van der Waals surface area contributed by atoms with E-state index in [-0.39, 0.29) is 11.6 Å². The van der Waals surface area contributed by atoms with Gasteiger partial charge in [0, 0.05) is 31.2 Å². The lowest BCUT2D eigenvalue weighted by Gasteiger charge is -2.20. The summed E-state index contributed by atoms with van der Waals surface area (Å²) in [6.07, 6.45) is 0.0546. The maximum Gasteiger partial charge on any atom is 0.122 e. The molecule has 0 bridgehead atoms. The lowest BCUT2D eigenvalue weighted by atomic mass is 10.1. The van der Waals surface area contributed by atoms with Crippen molar-refractivity contribution in [1.82, 2.24) is 10.3 Å². The molecular weight excluding hydrogens is 272 g/mol. The van der Waals surface area contributed by atoms with Crippen LogP contribution in [0.15, 0.2) is 0 Å². The summed E-state index contributed by atoms with van der Waals surface area (Å²) in [7, 11) is 3.45. The van der Waals surface area contributed by atoms with Gasteiger partial charge in [-0.05, 0) is 26.7 Å². The van der Waals surface area contributed by atoms with Crippen molar-refractivity contribution in [2.75, 3.05) is 14.2 Å². The van der Waals surface area contributed by atoms with Crippen molar-refractivity contribution < 1.29 is 9.47 Å². The van der Waals surface area contributed by atoms with Gasteiger partial charge >= 0.3 is 0 Å². The minimum atomic E-state index is 0.0546. The number of hydrogen-bond donors (Lipinski definition) is 1. The molecule has 0 aliphatic rings. The topological polar surface area (TPSA) is 43.4 Å². The van der Waals surface area contributed by atoms with E-state index in [1.807, 2.05) is 0 Å². The first-order chi connectivity index (χ1) is 9.28. The molecule has 0 radical (unpaired) electrons. The van der Waals surface area contributed by atoms with Gasteiger partial charge in [-0.15, -0.1) is 11.3 Å². The Morgan fingerprint density at radius 1 is 1.25 bits per heavy atom. The highest BCUT2D eigenvalue weighted by Gasteiger charge is 2.22. The molecule has 0 saturated heterocycles. The maximum absolute atomic E-state index is 5.58.